The van der Waals surface area contributed by atoms with Crippen molar-refractivity contribution in [2.75, 3.05) is 20.3 Å². The Labute approximate surface area is 105 Å². The Bertz CT molecular complexity index is 392. The quantitative estimate of drug-likeness (QED) is 0.792. The summed E-state index contributed by atoms with van der Waals surface area (Å²) >= 11 is 5.80. The molecule has 1 aromatic rings. The topological polar surface area (TPSA) is 55.8 Å². The third-order valence-corrected chi connectivity index (χ3v) is 2.35. The molecule has 0 aromatic heterocycles. The van der Waals surface area contributed by atoms with Crippen LogP contribution in [0.4, 0.5) is 0 Å². The molecular weight excluding hydrogens is 244 g/mol. The molecule has 0 aliphatic carbocycles. The normalized spacial score (nSPS) is 12.2. The molecular formula is C12H15ClO4. The van der Waals surface area contributed by atoms with Crippen LogP contribution in [0, 0.1) is 0 Å². The van der Waals surface area contributed by atoms with Crippen LogP contribution in [0.2, 0.25) is 5.02 Å². The average molecular weight is 259 g/mol. The number of Topliss-reactive ketones (excluding diaryl/α,β-unsaturated/α-hetero) is 1. The summed E-state index contributed by atoms with van der Waals surface area (Å²) in [5.74, 6) is 0.279. The average Bonchev–Trinajstić information content (AvgIpc) is 2.27. The zero-order valence-electron chi connectivity index (χ0n) is 9.77. The fraction of sp³-hybridized carbons (Fsp3) is 0.417. The second kappa shape index (κ2) is 6.59. The number of halogens is 1. The van der Waals surface area contributed by atoms with Crippen molar-refractivity contribution in [3.05, 3.63) is 28.8 Å². The Morgan fingerprint density at radius 3 is 2.76 bits per heavy atom. The first-order chi connectivity index (χ1) is 8.04. The van der Waals surface area contributed by atoms with Crippen molar-refractivity contribution in [1.82, 2.24) is 0 Å². The molecule has 0 spiro atoms. The number of ketones is 1. The summed E-state index contributed by atoms with van der Waals surface area (Å²) in [7, 11) is 1.49. The van der Waals surface area contributed by atoms with Gasteiger partial charge in [0.2, 0.25) is 0 Å². The second-order valence-corrected chi connectivity index (χ2v) is 4.05. The number of hydrogen-bond donors (Lipinski definition) is 1. The van der Waals surface area contributed by atoms with E-state index in [1.807, 2.05) is 0 Å². The largest absolute Gasteiger partial charge is 0.490 e. The number of rotatable bonds is 6. The Morgan fingerprint density at radius 1 is 1.47 bits per heavy atom. The van der Waals surface area contributed by atoms with E-state index < -0.39 is 6.10 Å². The summed E-state index contributed by atoms with van der Waals surface area (Å²) in [6.45, 7) is 1.68. The zero-order valence-corrected chi connectivity index (χ0v) is 10.5. The lowest BCUT2D eigenvalue weighted by Crippen LogP contribution is -2.23. The highest BCUT2D eigenvalue weighted by molar-refractivity contribution is 6.31. The Morgan fingerprint density at radius 2 is 2.18 bits per heavy atom. The van der Waals surface area contributed by atoms with Crippen LogP contribution >= 0.6 is 11.6 Å². The van der Waals surface area contributed by atoms with E-state index in [0.29, 0.717) is 16.3 Å². The Kier molecular flexibility index (Phi) is 5.41. The van der Waals surface area contributed by atoms with Gasteiger partial charge in [-0.2, -0.15) is 0 Å². The third kappa shape index (κ3) is 4.34. The molecule has 0 bridgehead atoms. The summed E-state index contributed by atoms with van der Waals surface area (Å²) in [5, 5.41) is 9.91. The lowest BCUT2D eigenvalue weighted by atomic mass is 10.1. The molecule has 1 N–H and O–H groups in total. The van der Waals surface area contributed by atoms with Crippen molar-refractivity contribution < 1.29 is 19.4 Å². The lowest BCUT2D eigenvalue weighted by molar-refractivity contribution is 0.0323. The van der Waals surface area contributed by atoms with Gasteiger partial charge in [0.25, 0.3) is 0 Å². The summed E-state index contributed by atoms with van der Waals surface area (Å²) < 4.78 is 10.1. The first-order valence-corrected chi connectivity index (χ1v) is 5.52. The predicted octanol–water partition coefficient (Wildman–Crippen LogP) is 1.93. The predicted molar refractivity (Wildman–Crippen MR) is 64.8 cm³/mol. The maximum Gasteiger partial charge on any atom is 0.163 e. The SMILES string of the molecule is COCC(O)COc1ccc(Cl)cc1C(C)=O. The van der Waals surface area contributed by atoms with Crippen molar-refractivity contribution in [2.24, 2.45) is 0 Å². The highest BCUT2D eigenvalue weighted by Crippen LogP contribution is 2.23. The molecule has 1 rings (SSSR count). The minimum Gasteiger partial charge on any atom is -0.490 e. The molecule has 0 saturated carbocycles. The minimum absolute atomic E-state index is 0.0652. The minimum atomic E-state index is -0.726. The van der Waals surface area contributed by atoms with E-state index in [9.17, 15) is 9.90 Å². The molecule has 0 heterocycles. The molecule has 0 fully saturated rings. The van der Waals surface area contributed by atoms with E-state index in [0.717, 1.165) is 0 Å². The van der Waals surface area contributed by atoms with Crippen LogP contribution in [0.1, 0.15) is 17.3 Å². The molecule has 0 aliphatic heterocycles. The number of aliphatic hydroxyl groups excluding tert-OH is 1. The van der Waals surface area contributed by atoms with E-state index >= 15 is 0 Å². The van der Waals surface area contributed by atoms with E-state index in [2.05, 4.69) is 0 Å². The maximum absolute atomic E-state index is 11.4. The van der Waals surface area contributed by atoms with Gasteiger partial charge in [0.05, 0.1) is 12.2 Å². The number of ether oxygens (including phenoxy) is 2. The van der Waals surface area contributed by atoms with Gasteiger partial charge in [0.1, 0.15) is 18.5 Å². The number of hydrogen-bond acceptors (Lipinski definition) is 4. The number of carbonyl (C=O) groups excluding carboxylic acids is 1. The molecule has 0 aliphatic rings. The van der Waals surface area contributed by atoms with Gasteiger partial charge in [-0.05, 0) is 25.1 Å². The third-order valence-electron chi connectivity index (χ3n) is 2.11. The van der Waals surface area contributed by atoms with E-state index in [1.54, 1.807) is 18.2 Å². The molecule has 4 nitrogen and oxygen atoms in total. The van der Waals surface area contributed by atoms with Gasteiger partial charge in [-0.15, -0.1) is 0 Å². The van der Waals surface area contributed by atoms with Gasteiger partial charge < -0.3 is 14.6 Å². The molecule has 5 heteroatoms. The maximum atomic E-state index is 11.4. The summed E-state index contributed by atoms with van der Waals surface area (Å²) in [6, 6.07) is 4.78. The number of aliphatic hydroxyl groups is 1. The monoisotopic (exact) mass is 258 g/mol. The molecule has 1 unspecified atom stereocenters. The lowest BCUT2D eigenvalue weighted by Gasteiger charge is -2.13. The molecule has 0 saturated heterocycles. The van der Waals surface area contributed by atoms with Gasteiger partial charge in [0.15, 0.2) is 5.78 Å². The first kappa shape index (κ1) is 14.0. The van der Waals surface area contributed by atoms with Crippen LogP contribution in [0.3, 0.4) is 0 Å². The van der Waals surface area contributed by atoms with Gasteiger partial charge in [0, 0.05) is 12.1 Å². The molecule has 0 radical (unpaired) electrons. The van der Waals surface area contributed by atoms with Crippen LogP contribution in [-0.4, -0.2) is 37.3 Å². The number of methoxy groups -OCH3 is 1. The fourth-order valence-corrected chi connectivity index (χ4v) is 1.50. The zero-order chi connectivity index (χ0) is 12.8. The van der Waals surface area contributed by atoms with Crippen molar-refractivity contribution in [3.8, 4) is 5.75 Å². The van der Waals surface area contributed by atoms with E-state index in [1.165, 1.54) is 14.0 Å². The highest BCUT2D eigenvalue weighted by Gasteiger charge is 2.11. The van der Waals surface area contributed by atoms with Gasteiger partial charge in [-0.1, -0.05) is 11.6 Å². The Balaban J connectivity index is 2.73. The molecule has 94 valence electrons. The highest BCUT2D eigenvalue weighted by atomic mass is 35.5. The Hall–Kier alpha value is -1.10. The van der Waals surface area contributed by atoms with Gasteiger partial charge in [-0.25, -0.2) is 0 Å². The van der Waals surface area contributed by atoms with Crippen molar-refractivity contribution in [2.45, 2.75) is 13.0 Å². The summed E-state index contributed by atoms with van der Waals surface area (Å²) in [5.41, 5.74) is 0.405. The summed E-state index contributed by atoms with van der Waals surface area (Å²) in [4.78, 5) is 11.4. The van der Waals surface area contributed by atoms with Gasteiger partial charge >= 0.3 is 0 Å². The number of benzene rings is 1. The van der Waals surface area contributed by atoms with Crippen LogP contribution in [0.25, 0.3) is 0 Å². The van der Waals surface area contributed by atoms with Crippen LogP contribution in [-0.2, 0) is 4.74 Å². The van der Waals surface area contributed by atoms with Gasteiger partial charge in [-0.3, -0.25) is 4.79 Å². The molecule has 1 atom stereocenters. The smallest absolute Gasteiger partial charge is 0.163 e. The van der Waals surface area contributed by atoms with Crippen molar-refractivity contribution in [1.29, 1.82) is 0 Å². The van der Waals surface area contributed by atoms with Crippen LogP contribution < -0.4 is 4.74 Å². The number of carbonyl (C=O) groups is 1. The van der Waals surface area contributed by atoms with E-state index in [4.69, 9.17) is 21.1 Å². The molecule has 1 aromatic carbocycles. The van der Waals surface area contributed by atoms with Crippen LogP contribution in [0.15, 0.2) is 18.2 Å². The first-order valence-electron chi connectivity index (χ1n) is 5.15. The second-order valence-electron chi connectivity index (χ2n) is 3.62. The van der Waals surface area contributed by atoms with E-state index in [-0.39, 0.29) is 19.0 Å². The summed E-state index contributed by atoms with van der Waals surface area (Å²) in [6.07, 6.45) is -0.726. The fourth-order valence-electron chi connectivity index (χ4n) is 1.33. The standard InChI is InChI=1S/C12H15ClO4/c1-8(14)11-5-9(13)3-4-12(11)17-7-10(15)6-16-2/h3-5,10,15H,6-7H2,1-2H3. The molecule has 0 amide bonds. The molecule has 17 heavy (non-hydrogen) atoms. The van der Waals surface area contributed by atoms with Crippen molar-refractivity contribution >= 4 is 17.4 Å². The van der Waals surface area contributed by atoms with Crippen LogP contribution in [0.5, 0.6) is 5.75 Å². The van der Waals surface area contributed by atoms with Crippen molar-refractivity contribution in [3.63, 3.8) is 0 Å².